The smallest absolute Gasteiger partial charge is 0.331 e. The number of rotatable bonds is 7. The van der Waals surface area contributed by atoms with Gasteiger partial charge in [0, 0.05) is 23.3 Å². The van der Waals surface area contributed by atoms with Gasteiger partial charge in [-0.15, -0.1) is 0 Å². The molecule has 0 radical (unpaired) electrons. The van der Waals surface area contributed by atoms with Crippen molar-refractivity contribution in [2.75, 3.05) is 7.11 Å². The summed E-state index contributed by atoms with van der Waals surface area (Å²) in [5, 5.41) is 10.9. The summed E-state index contributed by atoms with van der Waals surface area (Å²) in [4.78, 5) is 33.8. The van der Waals surface area contributed by atoms with Crippen LogP contribution < -0.4 is 4.74 Å². The zero-order valence-electron chi connectivity index (χ0n) is 14.3. The number of benzene rings is 2. The van der Waals surface area contributed by atoms with Crippen LogP contribution in [0.4, 0.5) is 5.69 Å². The molecule has 0 atom stereocenters. The highest BCUT2D eigenvalue weighted by atomic mass is 16.6. The summed E-state index contributed by atoms with van der Waals surface area (Å²) >= 11 is 0. The molecule has 0 bridgehead atoms. The minimum atomic E-state index is -0.668. The average Bonchev–Trinajstić information content (AvgIpc) is 2.64. The van der Waals surface area contributed by atoms with Gasteiger partial charge < -0.3 is 9.47 Å². The van der Waals surface area contributed by atoms with Crippen molar-refractivity contribution in [3.8, 4) is 5.75 Å². The van der Waals surface area contributed by atoms with E-state index in [2.05, 4.69) is 0 Å². The number of para-hydroxylation sites is 1. The van der Waals surface area contributed by atoms with Gasteiger partial charge in [0.2, 0.25) is 0 Å². The van der Waals surface area contributed by atoms with E-state index in [0.717, 1.165) is 6.08 Å². The summed E-state index contributed by atoms with van der Waals surface area (Å²) < 4.78 is 10.3. The first-order valence-electron chi connectivity index (χ1n) is 7.68. The van der Waals surface area contributed by atoms with Crippen molar-refractivity contribution in [3.05, 3.63) is 75.3 Å². The third kappa shape index (κ3) is 4.76. The zero-order valence-corrected chi connectivity index (χ0v) is 14.3. The van der Waals surface area contributed by atoms with Gasteiger partial charge in [0.05, 0.1) is 17.6 Å². The van der Waals surface area contributed by atoms with Crippen LogP contribution in [-0.4, -0.2) is 23.8 Å². The molecule has 0 aliphatic heterocycles. The van der Waals surface area contributed by atoms with Crippen LogP contribution in [0, 0.1) is 10.1 Å². The molecule has 0 fully saturated rings. The molecule has 0 N–H and O–H groups in total. The number of carbonyl (C=O) groups is 2. The molecule has 2 aromatic carbocycles. The monoisotopic (exact) mass is 355 g/mol. The lowest BCUT2D eigenvalue weighted by Crippen LogP contribution is -2.04. The average molecular weight is 355 g/mol. The number of carbonyl (C=O) groups excluding carboxylic acids is 2. The summed E-state index contributed by atoms with van der Waals surface area (Å²) in [7, 11) is 1.47. The van der Waals surface area contributed by atoms with E-state index >= 15 is 0 Å². The number of hydrogen-bond acceptors (Lipinski definition) is 6. The van der Waals surface area contributed by atoms with Gasteiger partial charge >= 0.3 is 5.97 Å². The Balaban J connectivity index is 2.09. The van der Waals surface area contributed by atoms with E-state index in [4.69, 9.17) is 9.47 Å². The third-order valence-electron chi connectivity index (χ3n) is 3.59. The second-order valence-corrected chi connectivity index (χ2v) is 5.34. The quantitative estimate of drug-likeness (QED) is 0.248. The molecule has 0 aliphatic rings. The van der Waals surface area contributed by atoms with Gasteiger partial charge in [-0.25, -0.2) is 4.79 Å². The summed E-state index contributed by atoms with van der Waals surface area (Å²) in [5.74, 6) is -0.291. The largest absolute Gasteiger partial charge is 0.496 e. The van der Waals surface area contributed by atoms with Crippen LogP contribution in [-0.2, 0) is 16.1 Å². The highest BCUT2D eigenvalue weighted by Crippen LogP contribution is 2.22. The van der Waals surface area contributed by atoms with Crippen molar-refractivity contribution in [1.82, 2.24) is 0 Å². The fourth-order valence-electron chi connectivity index (χ4n) is 2.26. The molecule has 0 aliphatic carbocycles. The van der Waals surface area contributed by atoms with Gasteiger partial charge in [0.15, 0.2) is 5.78 Å². The maximum atomic E-state index is 11.9. The SMILES string of the molecule is COc1ccc(C(C)=O)cc1COC(=O)/C=C/c1ccccc1[N+](=O)[O-]. The van der Waals surface area contributed by atoms with Crippen LogP contribution in [0.2, 0.25) is 0 Å². The number of Topliss-reactive ketones (excluding diaryl/α,β-unsaturated/α-hetero) is 1. The van der Waals surface area contributed by atoms with E-state index in [1.165, 1.54) is 32.2 Å². The third-order valence-corrected chi connectivity index (χ3v) is 3.59. The molecule has 0 saturated heterocycles. The molecule has 7 heteroatoms. The van der Waals surface area contributed by atoms with Gasteiger partial charge in [-0.3, -0.25) is 14.9 Å². The Labute approximate surface area is 150 Å². The van der Waals surface area contributed by atoms with E-state index in [0.29, 0.717) is 22.4 Å². The van der Waals surface area contributed by atoms with Crippen LogP contribution in [0.15, 0.2) is 48.5 Å². The van der Waals surface area contributed by atoms with E-state index in [-0.39, 0.29) is 18.1 Å². The summed E-state index contributed by atoms with van der Waals surface area (Å²) in [5.41, 5.74) is 1.22. The van der Waals surface area contributed by atoms with Crippen molar-refractivity contribution < 1.29 is 24.0 Å². The number of esters is 1. The van der Waals surface area contributed by atoms with Gasteiger partial charge in [0.25, 0.3) is 5.69 Å². The van der Waals surface area contributed by atoms with Crippen molar-refractivity contribution in [1.29, 1.82) is 0 Å². The van der Waals surface area contributed by atoms with Crippen LogP contribution in [0.5, 0.6) is 5.75 Å². The van der Waals surface area contributed by atoms with E-state index < -0.39 is 10.9 Å². The van der Waals surface area contributed by atoms with Crippen LogP contribution in [0.25, 0.3) is 6.08 Å². The Hall–Kier alpha value is -3.48. The molecule has 0 amide bonds. The minimum Gasteiger partial charge on any atom is -0.496 e. The summed E-state index contributed by atoms with van der Waals surface area (Å²) in [6, 6.07) is 10.9. The molecule has 2 aromatic rings. The lowest BCUT2D eigenvalue weighted by atomic mass is 10.1. The number of ketones is 1. The van der Waals surface area contributed by atoms with E-state index in [1.54, 1.807) is 30.3 Å². The lowest BCUT2D eigenvalue weighted by Gasteiger charge is -2.09. The number of nitro groups is 1. The number of hydrogen-bond donors (Lipinski definition) is 0. The number of nitro benzene ring substituents is 1. The van der Waals surface area contributed by atoms with Gasteiger partial charge in [0.1, 0.15) is 12.4 Å². The topological polar surface area (TPSA) is 95.7 Å². The van der Waals surface area contributed by atoms with Gasteiger partial charge in [-0.05, 0) is 37.3 Å². The fraction of sp³-hybridized carbons (Fsp3) is 0.158. The summed E-state index contributed by atoms with van der Waals surface area (Å²) in [6.45, 7) is 1.34. The Morgan fingerprint density at radius 2 is 1.92 bits per heavy atom. The van der Waals surface area contributed by atoms with Crippen molar-refractivity contribution in [2.24, 2.45) is 0 Å². The highest BCUT2D eigenvalue weighted by Gasteiger charge is 2.11. The number of nitrogens with zero attached hydrogens (tertiary/aromatic N) is 1. The second-order valence-electron chi connectivity index (χ2n) is 5.34. The molecule has 134 valence electrons. The Kier molecular flexibility index (Phi) is 6.21. The standard InChI is InChI=1S/C19H17NO6/c1-13(21)15-7-9-18(25-2)16(11-15)12-26-19(22)10-8-14-5-3-4-6-17(14)20(23)24/h3-11H,12H2,1-2H3/b10-8+. The zero-order chi connectivity index (χ0) is 19.1. The summed E-state index contributed by atoms with van der Waals surface area (Å²) in [6.07, 6.45) is 2.44. The predicted octanol–water partition coefficient (Wildman–Crippen LogP) is 3.56. The predicted molar refractivity (Wildman–Crippen MR) is 94.9 cm³/mol. The molecular formula is C19H17NO6. The Bertz CT molecular complexity index is 872. The van der Waals surface area contributed by atoms with Crippen LogP contribution in [0.1, 0.15) is 28.4 Å². The normalized spacial score (nSPS) is 10.5. The molecule has 0 heterocycles. The van der Waals surface area contributed by atoms with Gasteiger partial charge in [-0.1, -0.05) is 12.1 Å². The number of ether oxygens (including phenoxy) is 2. The number of methoxy groups -OCH3 is 1. The first-order chi connectivity index (χ1) is 12.4. The molecule has 26 heavy (non-hydrogen) atoms. The Morgan fingerprint density at radius 1 is 1.19 bits per heavy atom. The molecule has 2 rings (SSSR count). The fourth-order valence-corrected chi connectivity index (χ4v) is 2.26. The highest BCUT2D eigenvalue weighted by molar-refractivity contribution is 5.94. The van der Waals surface area contributed by atoms with Crippen molar-refractivity contribution >= 4 is 23.5 Å². The lowest BCUT2D eigenvalue weighted by molar-refractivity contribution is -0.385. The Morgan fingerprint density at radius 3 is 2.58 bits per heavy atom. The minimum absolute atomic E-state index is 0.0929. The van der Waals surface area contributed by atoms with Crippen LogP contribution >= 0.6 is 0 Å². The van der Waals surface area contributed by atoms with E-state index in [1.807, 2.05) is 0 Å². The molecule has 0 saturated carbocycles. The van der Waals surface area contributed by atoms with Gasteiger partial charge in [-0.2, -0.15) is 0 Å². The van der Waals surface area contributed by atoms with Crippen molar-refractivity contribution in [2.45, 2.75) is 13.5 Å². The molecule has 7 nitrogen and oxygen atoms in total. The van der Waals surface area contributed by atoms with Crippen LogP contribution in [0.3, 0.4) is 0 Å². The maximum Gasteiger partial charge on any atom is 0.331 e. The second kappa shape index (κ2) is 8.57. The molecule has 0 aromatic heterocycles. The van der Waals surface area contributed by atoms with E-state index in [9.17, 15) is 19.7 Å². The maximum absolute atomic E-state index is 11.9. The van der Waals surface area contributed by atoms with Crippen molar-refractivity contribution in [3.63, 3.8) is 0 Å². The first kappa shape index (κ1) is 18.9. The molecule has 0 unspecified atom stereocenters. The first-order valence-corrected chi connectivity index (χ1v) is 7.68. The molecule has 0 spiro atoms. The molecular weight excluding hydrogens is 338 g/mol.